The van der Waals surface area contributed by atoms with Crippen molar-refractivity contribution in [2.45, 2.75) is 130 Å². The first-order valence-corrected chi connectivity index (χ1v) is 17.5. The summed E-state index contributed by atoms with van der Waals surface area (Å²) in [5, 5.41) is 0. The molecule has 2 nitrogen and oxygen atoms in total. The number of allylic oxidation sites excluding steroid dienone is 2. The Balaban J connectivity index is 0.000000976. The summed E-state index contributed by atoms with van der Waals surface area (Å²) in [6.07, 6.45) is 12.6. The molecule has 0 bridgehead atoms. The molecule has 2 aromatic rings. The molecular weight excluding hydrogens is 567 g/mol. The van der Waals surface area contributed by atoms with Crippen LogP contribution in [0.3, 0.4) is 0 Å². The van der Waals surface area contributed by atoms with E-state index in [1.165, 1.54) is 79.1 Å². The van der Waals surface area contributed by atoms with Gasteiger partial charge in [0.15, 0.2) is 0 Å². The number of benzene rings is 2. The van der Waals surface area contributed by atoms with Gasteiger partial charge < -0.3 is 5.53 Å². The number of unbranched alkanes of at least 4 members (excludes halogenated alkanes) is 3. The fourth-order valence-corrected chi connectivity index (χ4v) is 6.32. The number of aryl methyl sites for hydroxylation is 4. The van der Waals surface area contributed by atoms with Crippen LogP contribution in [0.15, 0.2) is 35.9 Å². The molecule has 0 fully saturated rings. The van der Waals surface area contributed by atoms with Gasteiger partial charge in [-0.15, -0.1) is 0 Å². The van der Waals surface area contributed by atoms with Crippen molar-refractivity contribution in [1.29, 1.82) is 0 Å². The molecule has 0 unspecified atom stereocenters. The minimum atomic E-state index is 0.903. The number of rotatable bonds is 13. The molecule has 0 atom stereocenters. The molecule has 0 saturated heterocycles. The van der Waals surface area contributed by atoms with Gasteiger partial charge in [0.25, 0.3) is 0 Å². The van der Waals surface area contributed by atoms with E-state index >= 15 is 0 Å². The van der Waals surface area contributed by atoms with E-state index in [0.717, 1.165) is 72.6 Å². The average molecular weight is 621 g/mol. The van der Waals surface area contributed by atoms with Crippen LogP contribution in [0.4, 0.5) is 0 Å². The third-order valence-corrected chi connectivity index (χ3v) is 9.25. The molecule has 0 aliphatic carbocycles. The van der Waals surface area contributed by atoms with Crippen molar-refractivity contribution in [2.75, 3.05) is 0 Å². The van der Waals surface area contributed by atoms with E-state index in [2.05, 4.69) is 92.7 Å². The van der Waals surface area contributed by atoms with Gasteiger partial charge in [0, 0.05) is 22.8 Å². The molecule has 218 valence electrons. The predicted octanol–water partition coefficient (Wildman–Crippen LogP) is 11.5. The Morgan fingerprint density at radius 2 is 1.03 bits per heavy atom. The summed E-state index contributed by atoms with van der Waals surface area (Å²) in [7, 11) is 0. The van der Waals surface area contributed by atoms with Gasteiger partial charge in [0.1, 0.15) is 0 Å². The zero-order valence-electron chi connectivity index (χ0n) is 26.4. The van der Waals surface area contributed by atoms with Crippen LogP contribution in [0, 0.1) is 27.7 Å². The SMILES string of the molecule is CCCCC1=C(c2cc(C)c(CCCC)c(C)c2)[N+](=[N-])C(c2cc(C)c(CCCC)c(C)c2)=C1.C[CH2][Pd][CH2]C. The number of hydrogen-bond acceptors (Lipinski definition) is 0. The summed E-state index contributed by atoms with van der Waals surface area (Å²) in [5.41, 5.74) is 25.1. The Morgan fingerprint density at radius 3 is 1.41 bits per heavy atom. The zero-order chi connectivity index (χ0) is 28.9. The zero-order valence-corrected chi connectivity index (χ0v) is 27.9. The van der Waals surface area contributed by atoms with Crippen LogP contribution in [-0.4, -0.2) is 4.70 Å². The van der Waals surface area contributed by atoms with Gasteiger partial charge in [-0.25, -0.2) is 4.70 Å². The van der Waals surface area contributed by atoms with Crippen molar-refractivity contribution in [3.63, 3.8) is 0 Å². The first-order valence-electron chi connectivity index (χ1n) is 15.3. The van der Waals surface area contributed by atoms with Crippen LogP contribution in [0.1, 0.15) is 124 Å². The molecule has 1 aliphatic heterocycles. The Labute approximate surface area is 249 Å². The Hall–Kier alpha value is -1.82. The van der Waals surface area contributed by atoms with E-state index in [0.29, 0.717) is 0 Å². The van der Waals surface area contributed by atoms with Gasteiger partial charge in [0.05, 0.1) is 0 Å². The number of hydrogen-bond donors (Lipinski definition) is 0. The van der Waals surface area contributed by atoms with Crippen LogP contribution < -0.4 is 0 Å². The molecule has 0 spiro atoms. The molecule has 0 amide bonds. The maximum atomic E-state index is 11.5. The van der Waals surface area contributed by atoms with Gasteiger partial charge in [0.2, 0.25) is 11.4 Å². The Morgan fingerprint density at radius 1 is 0.615 bits per heavy atom. The third kappa shape index (κ3) is 9.09. The normalized spacial score (nSPS) is 13.2. The summed E-state index contributed by atoms with van der Waals surface area (Å²) >= 11 is 1.04. The second kappa shape index (κ2) is 17.1. The maximum absolute atomic E-state index is 11.5. The molecule has 3 heteroatoms. The minimum absolute atomic E-state index is 0.903. The molecule has 0 N–H and O–H groups in total. The molecule has 1 aliphatic rings. The second-order valence-electron chi connectivity index (χ2n) is 10.8. The van der Waals surface area contributed by atoms with E-state index in [1.807, 2.05) is 0 Å². The first-order chi connectivity index (χ1) is 18.7. The molecule has 0 aromatic heterocycles. The second-order valence-corrected chi connectivity index (χ2v) is 13.8. The molecule has 3 rings (SSSR count). The van der Waals surface area contributed by atoms with Crippen LogP contribution in [-0.2, 0) is 30.8 Å². The van der Waals surface area contributed by atoms with Gasteiger partial charge in [-0.3, -0.25) is 0 Å². The van der Waals surface area contributed by atoms with Crippen molar-refractivity contribution >= 4 is 11.4 Å². The van der Waals surface area contributed by atoms with Crippen molar-refractivity contribution in [2.24, 2.45) is 0 Å². The molecule has 0 radical (unpaired) electrons. The molecular formula is C36H54N2Pd. The Bertz CT molecular complexity index is 1120. The summed E-state index contributed by atoms with van der Waals surface area (Å²) < 4.78 is 1.46. The van der Waals surface area contributed by atoms with Crippen LogP contribution in [0.5, 0.6) is 0 Å². The van der Waals surface area contributed by atoms with Crippen LogP contribution in [0.2, 0.25) is 9.79 Å². The van der Waals surface area contributed by atoms with Gasteiger partial charge in [-0.1, -0.05) is 40.0 Å². The fourth-order valence-electron chi connectivity index (χ4n) is 5.55. The average Bonchev–Trinajstić information content (AvgIpc) is 3.23. The van der Waals surface area contributed by atoms with E-state index in [9.17, 15) is 5.53 Å². The van der Waals surface area contributed by atoms with Crippen LogP contribution in [0.25, 0.3) is 16.9 Å². The standard InChI is InChI=1S/C32H44N2.2C2H5.Pd/c1-8-11-14-26-21-31(27-17-22(4)29(15-12-9-2)23(5)18-27)34(33)32(26)28-19-24(6)30(16-13-10-3)25(7)20-28;2*1-2;/h17-21H,8-16H2,1-7H3;2*1H2,2H3;. The van der Waals surface area contributed by atoms with E-state index in [4.69, 9.17) is 0 Å². The predicted molar refractivity (Wildman–Crippen MR) is 168 cm³/mol. The van der Waals surface area contributed by atoms with Gasteiger partial charge in [-0.2, -0.15) is 0 Å². The van der Waals surface area contributed by atoms with Gasteiger partial charge >= 0.3 is 41.6 Å². The fraction of sp³-hybridized carbons (Fsp3) is 0.556. The Kier molecular flexibility index (Phi) is 14.6. The van der Waals surface area contributed by atoms with Crippen molar-refractivity contribution in [3.05, 3.63) is 86.0 Å². The summed E-state index contributed by atoms with van der Waals surface area (Å²) in [6, 6.07) is 9.09. The molecule has 1 heterocycles. The summed E-state index contributed by atoms with van der Waals surface area (Å²) in [4.78, 5) is 2.79. The summed E-state index contributed by atoms with van der Waals surface area (Å²) in [6.45, 7) is 20.1. The van der Waals surface area contributed by atoms with E-state index in [-0.39, 0.29) is 0 Å². The number of nitrogens with zero attached hydrogens (tertiary/aromatic N) is 2. The van der Waals surface area contributed by atoms with E-state index in [1.54, 1.807) is 0 Å². The topological polar surface area (TPSA) is 25.3 Å². The van der Waals surface area contributed by atoms with Gasteiger partial charge in [-0.05, 0) is 124 Å². The monoisotopic (exact) mass is 620 g/mol. The summed E-state index contributed by atoms with van der Waals surface area (Å²) in [5.74, 6) is 0. The first kappa shape index (κ1) is 33.4. The van der Waals surface area contributed by atoms with Crippen molar-refractivity contribution in [1.82, 2.24) is 0 Å². The van der Waals surface area contributed by atoms with Crippen molar-refractivity contribution in [3.8, 4) is 0 Å². The molecule has 0 saturated carbocycles. The molecule has 2 aromatic carbocycles. The van der Waals surface area contributed by atoms with Crippen molar-refractivity contribution < 1.29 is 22.7 Å². The van der Waals surface area contributed by atoms with Crippen LogP contribution >= 0.6 is 0 Å². The molecule has 39 heavy (non-hydrogen) atoms. The quantitative estimate of drug-likeness (QED) is 0.157. The third-order valence-electron chi connectivity index (χ3n) is 7.69. The van der Waals surface area contributed by atoms with E-state index < -0.39 is 0 Å².